The van der Waals surface area contributed by atoms with Crippen LogP contribution in [0.4, 0.5) is 5.95 Å². The van der Waals surface area contributed by atoms with Gasteiger partial charge in [0, 0.05) is 22.5 Å². The molecule has 0 bridgehead atoms. The van der Waals surface area contributed by atoms with Gasteiger partial charge in [0.05, 0.1) is 6.21 Å². The van der Waals surface area contributed by atoms with Crippen LogP contribution in [0.25, 0.3) is 0 Å². The van der Waals surface area contributed by atoms with Gasteiger partial charge in [-0.15, -0.1) is 0 Å². The number of hydrazone groups is 1. The van der Waals surface area contributed by atoms with E-state index >= 15 is 0 Å². The summed E-state index contributed by atoms with van der Waals surface area (Å²) < 4.78 is 0. The molecule has 0 saturated carbocycles. The molecule has 1 heterocycles. The molecule has 5 heteroatoms. The number of nitrogens with zero attached hydrogens (tertiary/aromatic N) is 3. The number of benzene rings is 1. The highest BCUT2D eigenvalue weighted by atomic mass is 16.3. The SMILES string of the molecule is CCCCc1cc(CCCC)nc(N/N=C\c2cc(C(C)(C)C)c(O)c(C(C)(C)C)c2)n1. The molecule has 0 aliphatic carbocycles. The standard InChI is InChI=1S/C27H42N4O/c1-9-11-13-20-17-21(14-12-10-2)30-25(29-20)31-28-18-19-15-22(26(3,4)5)24(32)23(16-19)27(6,7)8/h15-18,32H,9-14H2,1-8H3,(H,29,30,31)/b28-18-. The van der Waals surface area contributed by atoms with Crippen LogP contribution in [0.3, 0.4) is 0 Å². The Hall–Kier alpha value is -2.43. The molecule has 32 heavy (non-hydrogen) atoms. The number of aryl methyl sites for hydroxylation is 2. The fraction of sp³-hybridized carbons (Fsp3) is 0.593. The Morgan fingerprint density at radius 2 is 1.31 bits per heavy atom. The van der Waals surface area contributed by atoms with Crippen molar-refractivity contribution >= 4 is 12.2 Å². The number of hydrogen-bond acceptors (Lipinski definition) is 5. The lowest BCUT2D eigenvalue weighted by Gasteiger charge is -2.27. The molecule has 0 fully saturated rings. The number of anilines is 1. The molecule has 5 nitrogen and oxygen atoms in total. The van der Waals surface area contributed by atoms with Gasteiger partial charge < -0.3 is 5.11 Å². The summed E-state index contributed by atoms with van der Waals surface area (Å²) in [4.78, 5) is 9.32. The summed E-state index contributed by atoms with van der Waals surface area (Å²) in [5.41, 5.74) is 7.62. The van der Waals surface area contributed by atoms with E-state index in [2.05, 4.69) is 82.0 Å². The number of nitrogens with one attached hydrogen (secondary N) is 1. The van der Waals surface area contributed by atoms with E-state index in [9.17, 15) is 5.11 Å². The number of aromatic hydroxyl groups is 1. The average molecular weight is 439 g/mol. The van der Waals surface area contributed by atoms with Crippen molar-refractivity contribution in [1.82, 2.24) is 9.97 Å². The van der Waals surface area contributed by atoms with E-state index in [4.69, 9.17) is 0 Å². The molecule has 0 unspecified atom stereocenters. The van der Waals surface area contributed by atoms with Gasteiger partial charge in [0.1, 0.15) is 5.75 Å². The van der Waals surface area contributed by atoms with Crippen molar-refractivity contribution in [2.75, 3.05) is 5.43 Å². The molecule has 0 spiro atoms. The third-order valence-corrected chi connectivity index (χ3v) is 5.53. The molecule has 0 aliphatic rings. The van der Waals surface area contributed by atoms with Gasteiger partial charge in [0.15, 0.2) is 0 Å². The molecule has 0 radical (unpaired) electrons. The molecule has 176 valence electrons. The lowest BCUT2D eigenvalue weighted by molar-refractivity contribution is 0.423. The molecule has 0 aliphatic heterocycles. The van der Waals surface area contributed by atoms with E-state index in [0.29, 0.717) is 11.7 Å². The molecule has 0 atom stereocenters. The quantitative estimate of drug-likeness (QED) is 0.330. The van der Waals surface area contributed by atoms with Gasteiger partial charge in [-0.05, 0) is 60.3 Å². The fourth-order valence-electron chi connectivity index (χ4n) is 3.62. The third-order valence-electron chi connectivity index (χ3n) is 5.53. The Morgan fingerprint density at radius 3 is 1.72 bits per heavy atom. The molecular weight excluding hydrogens is 396 g/mol. The molecule has 2 aromatic rings. The highest BCUT2D eigenvalue weighted by Crippen LogP contribution is 2.39. The van der Waals surface area contributed by atoms with Crippen molar-refractivity contribution in [3.05, 3.63) is 46.3 Å². The lowest BCUT2D eigenvalue weighted by atomic mass is 9.78. The minimum Gasteiger partial charge on any atom is -0.507 e. The fourth-order valence-corrected chi connectivity index (χ4v) is 3.62. The van der Waals surface area contributed by atoms with Crippen LogP contribution < -0.4 is 5.43 Å². The van der Waals surface area contributed by atoms with Crippen molar-refractivity contribution in [2.45, 2.75) is 105 Å². The van der Waals surface area contributed by atoms with Gasteiger partial charge in [0.2, 0.25) is 5.95 Å². The average Bonchev–Trinajstić information content (AvgIpc) is 2.70. The summed E-state index contributed by atoms with van der Waals surface area (Å²) >= 11 is 0. The Bertz CT molecular complexity index is 859. The summed E-state index contributed by atoms with van der Waals surface area (Å²) in [6.45, 7) is 17.1. The molecule has 2 N–H and O–H groups in total. The third kappa shape index (κ3) is 7.32. The van der Waals surface area contributed by atoms with Crippen LogP contribution in [0, 0.1) is 0 Å². The van der Waals surface area contributed by atoms with Crippen LogP contribution in [0.2, 0.25) is 0 Å². The maximum absolute atomic E-state index is 10.9. The first-order chi connectivity index (χ1) is 15.0. The normalized spacial score (nSPS) is 12.5. The Kier molecular flexibility index (Phi) is 8.82. The largest absolute Gasteiger partial charge is 0.507 e. The smallest absolute Gasteiger partial charge is 0.243 e. The first kappa shape index (κ1) is 25.8. The van der Waals surface area contributed by atoms with E-state index in [1.54, 1.807) is 6.21 Å². The zero-order valence-electron chi connectivity index (χ0n) is 21.3. The maximum Gasteiger partial charge on any atom is 0.243 e. The molecule has 0 amide bonds. The van der Waals surface area contributed by atoms with Gasteiger partial charge in [-0.3, -0.25) is 0 Å². The van der Waals surface area contributed by atoms with Crippen LogP contribution in [-0.4, -0.2) is 21.3 Å². The Labute approximate surface area is 194 Å². The lowest BCUT2D eigenvalue weighted by Crippen LogP contribution is -2.18. The van der Waals surface area contributed by atoms with Gasteiger partial charge >= 0.3 is 0 Å². The number of hydrogen-bond donors (Lipinski definition) is 2. The highest BCUT2D eigenvalue weighted by Gasteiger charge is 2.26. The van der Waals surface area contributed by atoms with Gasteiger partial charge in [-0.2, -0.15) is 5.10 Å². The molecule has 1 aromatic heterocycles. The number of phenols is 1. The van der Waals surface area contributed by atoms with E-state index in [1.165, 1.54) is 0 Å². The van der Waals surface area contributed by atoms with Crippen LogP contribution in [0.15, 0.2) is 23.3 Å². The van der Waals surface area contributed by atoms with Gasteiger partial charge in [-0.1, -0.05) is 68.2 Å². The van der Waals surface area contributed by atoms with Crippen LogP contribution in [0.1, 0.15) is 109 Å². The van der Waals surface area contributed by atoms with E-state index < -0.39 is 0 Å². The minimum atomic E-state index is -0.174. The zero-order chi connectivity index (χ0) is 23.9. The number of aromatic nitrogens is 2. The summed E-state index contributed by atoms with van der Waals surface area (Å²) in [7, 11) is 0. The summed E-state index contributed by atoms with van der Waals surface area (Å²) in [6.07, 6.45) is 8.22. The van der Waals surface area contributed by atoms with Crippen molar-refractivity contribution in [3.63, 3.8) is 0 Å². The molecular formula is C27H42N4O. The molecule has 2 rings (SSSR count). The van der Waals surface area contributed by atoms with Crippen LogP contribution >= 0.6 is 0 Å². The second-order valence-electron chi connectivity index (χ2n) is 10.7. The van der Waals surface area contributed by atoms with Gasteiger partial charge in [-0.25, -0.2) is 15.4 Å². The van der Waals surface area contributed by atoms with Crippen molar-refractivity contribution in [2.24, 2.45) is 5.10 Å². The number of phenolic OH excluding ortho intramolecular Hbond substituents is 1. The first-order valence-electron chi connectivity index (χ1n) is 12.0. The second-order valence-corrected chi connectivity index (χ2v) is 10.7. The van der Waals surface area contributed by atoms with Crippen molar-refractivity contribution < 1.29 is 5.11 Å². The van der Waals surface area contributed by atoms with E-state index in [1.807, 2.05) is 12.1 Å². The Balaban J connectivity index is 2.33. The predicted octanol–water partition coefficient (Wildman–Crippen LogP) is 6.91. The van der Waals surface area contributed by atoms with Crippen LogP contribution in [0.5, 0.6) is 5.75 Å². The van der Waals surface area contributed by atoms with Crippen LogP contribution in [-0.2, 0) is 23.7 Å². The number of unbranched alkanes of at least 4 members (excludes halogenated alkanes) is 2. The summed E-state index contributed by atoms with van der Waals surface area (Å²) in [5.74, 6) is 0.925. The minimum absolute atomic E-state index is 0.174. The second kappa shape index (κ2) is 10.9. The molecule has 0 saturated heterocycles. The summed E-state index contributed by atoms with van der Waals surface area (Å²) in [5, 5.41) is 15.4. The predicted molar refractivity (Wildman–Crippen MR) is 136 cm³/mol. The molecule has 1 aromatic carbocycles. The zero-order valence-corrected chi connectivity index (χ0v) is 21.3. The topological polar surface area (TPSA) is 70.4 Å². The van der Waals surface area contributed by atoms with Crippen molar-refractivity contribution in [3.8, 4) is 5.75 Å². The number of rotatable bonds is 9. The maximum atomic E-state index is 10.9. The first-order valence-corrected chi connectivity index (χ1v) is 12.0. The van der Waals surface area contributed by atoms with E-state index in [-0.39, 0.29) is 10.8 Å². The monoisotopic (exact) mass is 438 g/mol. The van der Waals surface area contributed by atoms with Crippen molar-refractivity contribution in [1.29, 1.82) is 0 Å². The van der Waals surface area contributed by atoms with E-state index in [0.717, 1.165) is 66.6 Å². The summed E-state index contributed by atoms with van der Waals surface area (Å²) in [6, 6.07) is 6.16. The Morgan fingerprint density at radius 1 is 0.844 bits per heavy atom. The highest BCUT2D eigenvalue weighted by molar-refractivity contribution is 5.82. The van der Waals surface area contributed by atoms with Gasteiger partial charge in [0.25, 0.3) is 0 Å².